The number of aryl methyl sites for hydroxylation is 1. The predicted octanol–water partition coefficient (Wildman–Crippen LogP) is 6.25. The first-order valence-electron chi connectivity index (χ1n) is 11.0. The van der Waals surface area contributed by atoms with E-state index in [1.165, 1.54) is 16.7 Å². The fourth-order valence-corrected chi connectivity index (χ4v) is 4.76. The van der Waals surface area contributed by atoms with E-state index >= 15 is 0 Å². The minimum absolute atomic E-state index is 0. The first-order valence-corrected chi connectivity index (χ1v) is 11.4. The lowest BCUT2D eigenvalue weighted by molar-refractivity contribution is 0.0778. The third kappa shape index (κ3) is 6.26. The van der Waals surface area contributed by atoms with Gasteiger partial charge in [0.1, 0.15) is 5.75 Å². The summed E-state index contributed by atoms with van der Waals surface area (Å²) in [5.74, 6) is 0.910. The van der Waals surface area contributed by atoms with Gasteiger partial charge in [-0.15, -0.1) is 12.4 Å². The molecule has 2 atom stereocenters. The quantitative estimate of drug-likeness (QED) is 0.413. The summed E-state index contributed by atoms with van der Waals surface area (Å²) >= 11 is 6.17. The summed E-state index contributed by atoms with van der Waals surface area (Å²) in [4.78, 5) is 2.44. The Balaban J connectivity index is 0.00000289. The van der Waals surface area contributed by atoms with E-state index in [1.54, 1.807) is 7.11 Å². The smallest absolute Gasteiger partial charge is 0.119 e. The van der Waals surface area contributed by atoms with Crippen LogP contribution in [0, 0.1) is 0 Å². The molecule has 0 radical (unpaired) electrons. The van der Waals surface area contributed by atoms with Crippen LogP contribution < -0.4 is 4.74 Å². The number of hydrogen-bond donors (Lipinski definition) is 1. The van der Waals surface area contributed by atoms with Gasteiger partial charge in [0, 0.05) is 24.2 Å². The second kappa shape index (κ2) is 11.7. The first-order chi connectivity index (χ1) is 15.1. The lowest BCUT2D eigenvalue weighted by Crippen LogP contribution is -2.39. The number of nitrogens with zero attached hydrogens (tertiary/aromatic N) is 1. The van der Waals surface area contributed by atoms with E-state index in [0.29, 0.717) is 17.6 Å². The minimum atomic E-state index is -0.588. The molecule has 0 fully saturated rings. The van der Waals surface area contributed by atoms with Crippen molar-refractivity contribution in [1.82, 2.24) is 4.90 Å². The Morgan fingerprint density at radius 1 is 1.03 bits per heavy atom. The Morgan fingerprint density at radius 2 is 1.84 bits per heavy atom. The molecule has 170 valence electrons. The maximum Gasteiger partial charge on any atom is 0.119 e. The highest BCUT2D eigenvalue weighted by molar-refractivity contribution is 6.30. The lowest BCUT2D eigenvalue weighted by atomic mass is 9.99. The molecule has 0 aromatic heterocycles. The molecule has 5 heteroatoms. The second-order valence-corrected chi connectivity index (χ2v) is 8.81. The average Bonchev–Trinajstić information content (AvgIpc) is 3.01. The average molecular weight is 472 g/mol. The maximum absolute atomic E-state index is 11.1. The lowest BCUT2D eigenvalue weighted by Gasteiger charge is -2.33. The van der Waals surface area contributed by atoms with Gasteiger partial charge in [0.25, 0.3) is 0 Å². The number of fused-ring (bicyclic) bond motifs is 1. The molecule has 32 heavy (non-hydrogen) atoms. The number of halogens is 2. The summed E-state index contributed by atoms with van der Waals surface area (Å²) in [5, 5.41) is 11.7. The van der Waals surface area contributed by atoms with Crippen LogP contribution in [0.25, 0.3) is 0 Å². The van der Waals surface area contributed by atoms with Crippen LogP contribution in [0.4, 0.5) is 0 Å². The molecule has 1 aliphatic rings. The van der Waals surface area contributed by atoms with Crippen molar-refractivity contribution in [2.45, 2.75) is 44.4 Å². The van der Waals surface area contributed by atoms with Gasteiger partial charge in [-0.05, 0) is 72.2 Å². The number of benzene rings is 3. The Kier molecular flexibility index (Phi) is 9.01. The number of aliphatic hydroxyl groups is 1. The molecule has 4 rings (SSSR count). The number of methoxy groups -OCH3 is 1. The summed E-state index contributed by atoms with van der Waals surface area (Å²) in [5.41, 5.74) is 4.90. The molecule has 1 aliphatic carbocycles. The van der Waals surface area contributed by atoms with Gasteiger partial charge >= 0.3 is 0 Å². The first kappa shape index (κ1) is 24.6. The Morgan fingerprint density at radius 3 is 2.59 bits per heavy atom. The summed E-state index contributed by atoms with van der Waals surface area (Å²) in [6.45, 7) is 1.38. The fraction of sp³-hybridized carbons (Fsp3) is 0.333. The molecule has 0 spiro atoms. The molecule has 3 aromatic rings. The molecular formula is C27H31Cl2NO2. The number of ether oxygens (including phenoxy) is 1. The molecule has 1 N–H and O–H groups in total. The van der Waals surface area contributed by atoms with Crippen molar-refractivity contribution in [2.24, 2.45) is 0 Å². The van der Waals surface area contributed by atoms with Gasteiger partial charge in [-0.3, -0.25) is 4.90 Å². The molecule has 0 amide bonds. The molecule has 0 aliphatic heterocycles. The largest absolute Gasteiger partial charge is 0.497 e. The van der Waals surface area contributed by atoms with Crippen LogP contribution in [-0.2, 0) is 19.4 Å². The van der Waals surface area contributed by atoms with E-state index in [0.717, 1.165) is 43.5 Å². The molecule has 0 saturated heterocycles. The number of hydrogen-bond acceptors (Lipinski definition) is 3. The van der Waals surface area contributed by atoms with Gasteiger partial charge in [0.05, 0.1) is 13.2 Å². The highest BCUT2D eigenvalue weighted by Crippen LogP contribution is 2.29. The van der Waals surface area contributed by atoms with Gasteiger partial charge < -0.3 is 9.84 Å². The van der Waals surface area contributed by atoms with Crippen molar-refractivity contribution in [3.05, 3.63) is 100 Å². The molecule has 0 bridgehead atoms. The Labute approximate surface area is 202 Å². The monoisotopic (exact) mass is 471 g/mol. The zero-order valence-corrected chi connectivity index (χ0v) is 20.0. The van der Waals surface area contributed by atoms with Gasteiger partial charge in [-0.2, -0.15) is 0 Å². The van der Waals surface area contributed by atoms with Crippen LogP contribution in [0.15, 0.2) is 72.8 Å². The van der Waals surface area contributed by atoms with Gasteiger partial charge in [0.15, 0.2) is 0 Å². The molecule has 3 aromatic carbocycles. The Bertz CT molecular complexity index is 996. The molecule has 1 unspecified atom stereocenters. The SMILES string of the molecule is COc1ccc2c(c1)CC(N(Cc1ccccc1)C[C@H](O)c1cccc(Cl)c1)CCC2.Cl. The van der Waals surface area contributed by atoms with Crippen LogP contribution in [-0.4, -0.2) is 29.7 Å². The van der Waals surface area contributed by atoms with Crippen molar-refractivity contribution in [1.29, 1.82) is 0 Å². The summed E-state index contributed by atoms with van der Waals surface area (Å²) in [6, 6.07) is 24.9. The molecular weight excluding hydrogens is 441 g/mol. The predicted molar refractivity (Wildman–Crippen MR) is 134 cm³/mol. The third-order valence-corrected chi connectivity index (χ3v) is 6.47. The van der Waals surface area contributed by atoms with E-state index in [-0.39, 0.29) is 12.4 Å². The zero-order chi connectivity index (χ0) is 21.6. The van der Waals surface area contributed by atoms with E-state index in [9.17, 15) is 5.11 Å². The summed E-state index contributed by atoms with van der Waals surface area (Å²) in [6.07, 6.45) is 3.71. The van der Waals surface area contributed by atoms with Gasteiger partial charge in [-0.1, -0.05) is 60.1 Å². The summed E-state index contributed by atoms with van der Waals surface area (Å²) < 4.78 is 5.48. The highest BCUT2D eigenvalue weighted by Gasteiger charge is 2.25. The van der Waals surface area contributed by atoms with Gasteiger partial charge in [-0.25, -0.2) is 0 Å². The van der Waals surface area contributed by atoms with Crippen molar-refractivity contribution in [3.63, 3.8) is 0 Å². The van der Waals surface area contributed by atoms with E-state index in [2.05, 4.69) is 47.4 Å². The topological polar surface area (TPSA) is 32.7 Å². The second-order valence-electron chi connectivity index (χ2n) is 8.37. The van der Waals surface area contributed by atoms with Crippen LogP contribution in [0.1, 0.15) is 41.2 Å². The van der Waals surface area contributed by atoms with Crippen LogP contribution in [0.3, 0.4) is 0 Å². The van der Waals surface area contributed by atoms with Crippen LogP contribution in [0.2, 0.25) is 5.02 Å². The normalized spacial score (nSPS) is 16.6. The standard InChI is InChI=1S/C27H30ClNO2.ClH/c1-31-26-14-13-21-9-6-12-25(16-23(21)17-26)29(18-20-7-3-2-4-8-20)19-27(30)22-10-5-11-24(28)15-22;/h2-5,7-8,10-11,13-15,17,25,27,30H,6,9,12,16,18-19H2,1H3;1H/t25?,27-;/m0./s1. The minimum Gasteiger partial charge on any atom is -0.497 e. The van der Waals surface area contributed by atoms with Crippen LogP contribution >= 0.6 is 24.0 Å². The van der Waals surface area contributed by atoms with Crippen molar-refractivity contribution < 1.29 is 9.84 Å². The zero-order valence-electron chi connectivity index (χ0n) is 18.4. The summed E-state index contributed by atoms with van der Waals surface area (Å²) in [7, 11) is 1.72. The van der Waals surface area contributed by atoms with Gasteiger partial charge in [0.2, 0.25) is 0 Å². The fourth-order valence-electron chi connectivity index (χ4n) is 4.56. The van der Waals surface area contributed by atoms with E-state index in [4.69, 9.17) is 16.3 Å². The molecule has 3 nitrogen and oxygen atoms in total. The van der Waals surface area contributed by atoms with Crippen LogP contribution in [0.5, 0.6) is 5.75 Å². The van der Waals surface area contributed by atoms with Crippen molar-refractivity contribution in [2.75, 3.05) is 13.7 Å². The molecule has 0 saturated carbocycles. The van der Waals surface area contributed by atoms with E-state index in [1.807, 2.05) is 30.3 Å². The third-order valence-electron chi connectivity index (χ3n) is 6.24. The number of rotatable bonds is 7. The maximum atomic E-state index is 11.1. The number of aliphatic hydroxyl groups excluding tert-OH is 1. The molecule has 0 heterocycles. The van der Waals surface area contributed by atoms with Crippen molar-refractivity contribution in [3.8, 4) is 5.75 Å². The Hall–Kier alpha value is -2.04. The van der Waals surface area contributed by atoms with Crippen molar-refractivity contribution >= 4 is 24.0 Å². The van der Waals surface area contributed by atoms with E-state index < -0.39 is 6.10 Å². The highest BCUT2D eigenvalue weighted by atomic mass is 35.5.